The second-order valence-corrected chi connectivity index (χ2v) is 8.80. The molecule has 0 aromatic carbocycles. The van der Waals surface area contributed by atoms with E-state index in [-0.39, 0.29) is 29.9 Å². The van der Waals surface area contributed by atoms with Gasteiger partial charge in [0.25, 0.3) is 0 Å². The van der Waals surface area contributed by atoms with Crippen LogP contribution in [-0.4, -0.2) is 64.0 Å². The number of cyclic esters (lactones) is 1. The van der Waals surface area contributed by atoms with Gasteiger partial charge >= 0.3 is 5.97 Å². The normalized spacial score (nSPS) is 28.0. The van der Waals surface area contributed by atoms with E-state index in [1.165, 1.54) is 12.4 Å². The zero-order valence-electron chi connectivity index (χ0n) is 18.3. The van der Waals surface area contributed by atoms with Crippen molar-refractivity contribution in [1.29, 1.82) is 5.53 Å². The SMILES string of the molecule is C[C@@H]1C[C@]2(CC[C@@H](N(C)Cc3ccc(N/C=N\N=N)nn3)CC2)C(=O)N1C1=CC(=O)OC1. The van der Waals surface area contributed by atoms with Crippen LogP contribution in [0.2, 0.25) is 0 Å². The lowest BCUT2D eigenvalue weighted by atomic mass is 9.70. The number of nitrogens with zero attached hydrogens (tertiary/aromatic N) is 6. The van der Waals surface area contributed by atoms with Crippen LogP contribution in [0.25, 0.3) is 0 Å². The molecule has 3 heterocycles. The van der Waals surface area contributed by atoms with Gasteiger partial charge in [0.1, 0.15) is 12.9 Å². The van der Waals surface area contributed by atoms with Gasteiger partial charge in [-0.3, -0.25) is 9.69 Å². The summed E-state index contributed by atoms with van der Waals surface area (Å²) in [7, 11) is 2.08. The average molecular weight is 441 g/mol. The first-order valence-electron chi connectivity index (χ1n) is 10.8. The van der Waals surface area contributed by atoms with Gasteiger partial charge in [0.05, 0.1) is 16.8 Å². The number of ether oxygens (including phenoxy) is 1. The first kappa shape index (κ1) is 22.0. The summed E-state index contributed by atoms with van der Waals surface area (Å²) in [5, 5.41) is 17.4. The van der Waals surface area contributed by atoms with Crippen LogP contribution in [0.5, 0.6) is 0 Å². The molecule has 1 aromatic heterocycles. The zero-order chi connectivity index (χ0) is 22.7. The molecular weight excluding hydrogens is 412 g/mol. The summed E-state index contributed by atoms with van der Waals surface area (Å²) in [6, 6.07) is 4.17. The Kier molecular flexibility index (Phi) is 6.26. The van der Waals surface area contributed by atoms with Gasteiger partial charge in [-0.15, -0.1) is 10.2 Å². The van der Waals surface area contributed by atoms with Crippen molar-refractivity contribution in [3.8, 4) is 0 Å². The summed E-state index contributed by atoms with van der Waals surface area (Å²) in [5.41, 5.74) is 7.83. The monoisotopic (exact) mass is 440 g/mol. The maximum absolute atomic E-state index is 13.3. The predicted octanol–water partition coefficient (Wildman–Crippen LogP) is 2.29. The van der Waals surface area contributed by atoms with Crippen molar-refractivity contribution in [3.63, 3.8) is 0 Å². The number of anilines is 1. The van der Waals surface area contributed by atoms with E-state index in [1.54, 1.807) is 11.0 Å². The molecule has 1 atom stereocenters. The number of carbonyl (C=O) groups is 2. The molecule has 170 valence electrons. The number of hydrogen-bond acceptors (Lipinski definition) is 8. The topological polar surface area (TPSA) is 136 Å². The second-order valence-electron chi connectivity index (χ2n) is 8.80. The second kappa shape index (κ2) is 9.11. The van der Waals surface area contributed by atoms with E-state index >= 15 is 0 Å². The smallest absolute Gasteiger partial charge is 0.333 e. The molecule has 4 rings (SSSR count). The van der Waals surface area contributed by atoms with Crippen LogP contribution in [0, 0.1) is 10.9 Å². The van der Waals surface area contributed by atoms with Gasteiger partial charge in [-0.05, 0) is 58.2 Å². The summed E-state index contributed by atoms with van der Waals surface area (Å²) >= 11 is 0. The van der Waals surface area contributed by atoms with Crippen molar-refractivity contribution >= 4 is 24.0 Å². The van der Waals surface area contributed by atoms with Crippen LogP contribution in [-0.2, 0) is 20.9 Å². The Balaban J connectivity index is 1.33. The number of likely N-dealkylation sites (tertiary alicyclic amines) is 1. The van der Waals surface area contributed by atoms with Crippen molar-refractivity contribution in [2.24, 2.45) is 15.7 Å². The standard InChI is InChI=1S/C21H28N8O3/c1-14-10-21(20(31)29(14)17-9-19(30)32-12-17)7-5-16(6-8-21)28(2)11-15-3-4-18(26-25-15)23-13-24-27-22/h3-4,9,13-14,16H,5-8,10-12H2,1-2H3,(H2,22,23,24,26)/t14-,16-,21-/m1/s1. The number of rotatable bonds is 7. The van der Waals surface area contributed by atoms with Gasteiger partial charge < -0.3 is 15.0 Å². The maximum atomic E-state index is 13.3. The molecule has 1 aliphatic carbocycles. The lowest BCUT2D eigenvalue weighted by Gasteiger charge is -2.39. The van der Waals surface area contributed by atoms with Crippen molar-refractivity contribution in [2.45, 2.75) is 57.7 Å². The first-order valence-corrected chi connectivity index (χ1v) is 10.8. The quantitative estimate of drug-likeness (QED) is 0.218. The summed E-state index contributed by atoms with van der Waals surface area (Å²) < 4.78 is 5.02. The highest BCUT2D eigenvalue weighted by molar-refractivity contribution is 5.91. The molecule has 0 bridgehead atoms. The van der Waals surface area contributed by atoms with Gasteiger partial charge in [0, 0.05) is 24.7 Å². The van der Waals surface area contributed by atoms with Crippen molar-refractivity contribution in [3.05, 3.63) is 29.6 Å². The Labute approximate surface area is 186 Å². The fourth-order valence-corrected chi connectivity index (χ4v) is 5.16. The van der Waals surface area contributed by atoms with Crippen LogP contribution < -0.4 is 5.32 Å². The molecule has 1 aromatic rings. The number of nitrogens with one attached hydrogen (secondary N) is 2. The molecule has 11 heteroatoms. The molecule has 1 saturated heterocycles. The predicted molar refractivity (Wildman–Crippen MR) is 115 cm³/mol. The maximum Gasteiger partial charge on any atom is 0.333 e. The minimum atomic E-state index is -0.366. The lowest BCUT2D eigenvalue weighted by molar-refractivity contribution is -0.138. The number of carbonyl (C=O) groups excluding carboxylic acids is 2. The number of esters is 1. The Morgan fingerprint density at radius 3 is 2.75 bits per heavy atom. The van der Waals surface area contributed by atoms with Crippen LogP contribution in [0.1, 0.15) is 44.7 Å². The van der Waals surface area contributed by atoms with Gasteiger partial charge in [0.15, 0.2) is 5.82 Å². The first-order chi connectivity index (χ1) is 15.4. The third-order valence-electron chi connectivity index (χ3n) is 6.75. The largest absolute Gasteiger partial charge is 0.456 e. The van der Waals surface area contributed by atoms with E-state index < -0.39 is 0 Å². The van der Waals surface area contributed by atoms with Crippen molar-refractivity contribution in [2.75, 3.05) is 19.0 Å². The van der Waals surface area contributed by atoms with E-state index in [9.17, 15) is 9.59 Å². The molecule has 2 fully saturated rings. The Morgan fingerprint density at radius 1 is 1.34 bits per heavy atom. The van der Waals surface area contributed by atoms with E-state index in [0.29, 0.717) is 24.1 Å². The van der Waals surface area contributed by atoms with Gasteiger partial charge in [0.2, 0.25) is 5.91 Å². The van der Waals surface area contributed by atoms with Gasteiger partial charge in [-0.1, -0.05) is 5.22 Å². The van der Waals surface area contributed by atoms with Crippen LogP contribution in [0.15, 0.2) is 34.2 Å². The minimum absolute atomic E-state index is 0.0831. The fraction of sp³-hybridized carbons (Fsp3) is 0.571. The molecule has 1 saturated carbocycles. The fourth-order valence-electron chi connectivity index (χ4n) is 5.16. The average Bonchev–Trinajstić information content (AvgIpc) is 3.30. The highest BCUT2D eigenvalue weighted by Gasteiger charge is 2.53. The van der Waals surface area contributed by atoms with Crippen molar-refractivity contribution < 1.29 is 14.3 Å². The molecule has 1 spiro atoms. The molecule has 11 nitrogen and oxygen atoms in total. The summed E-state index contributed by atoms with van der Waals surface area (Å²) in [6.45, 7) is 2.92. The third-order valence-corrected chi connectivity index (χ3v) is 6.75. The van der Waals surface area contributed by atoms with E-state index in [0.717, 1.165) is 37.8 Å². The van der Waals surface area contributed by atoms with Crippen LogP contribution in [0.3, 0.4) is 0 Å². The van der Waals surface area contributed by atoms with Gasteiger partial charge in [-0.25, -0.2) is 4.79 Å². The van der Waals surface area contributed by atoms with Crippen molar-refractivity contribution in [1.82, 2.24) is 20.0 Å². The van der Waals surface area contributed by atoms with E-state index in [1.807, 2.05) is 6.07 Å². The number of aromatic nitrogens is 2. The highest BCUT2D eigenvalue weighted by atomic mass is 16.5. The van der Waals surface area contributed by atoms with E-state index in [4.69, 9.17) is 10.3 Å². The molecule has 32 heavy (non-hydrogen) atoms. The molecule has 2 N–H and O–H groups in total. The zero-order valence-corrected chi connectivity index (χ0v) is 18.3. The Bertz CT molecular complexity index is 937. The third kappa shape index (κ3) is 4.38. The van der Waals surface area contributed by atoms with Crippen LogP contribution in [0.4, 0.5) is 5.82 Å². The van der Waals surface area contributed by atoms with E-state index in [2.05, 4.69) is 44.7 Å². The molecule has 1 amide bonds. The molecular formula is C21H28N8O3. The van der Waals surface area contributed by atoms with Gasteiger partial charge in [-0.2, -0.15) is 10.6 Å². The Hall–Kier alpha value is -3.21. The summed E-state index contributed by atoms with van der Waals surface area (Å²) in [4.78, 5) is 28.9. The Morgan fingerprint density at radius 2 is 2.12 bits per heavy atom. The molecule has 0 radical (unpaired) electrons. The summed E-state index contributed by atoms with van der Waals surface area (Å²) in [5.74, 6) is 0.312. The minimum Gasteiger partial charge on any atom is -0.456 e. The molecule has 3 aliphatic rings. The molecule has 2 aliphatic heterocycles. The van der Waals surface area contributed by atoms with Crippen LogP contribution >= 0.6 is 0 Å². The number of amides is 1. The number of hydrogen-bond donors (Lipinski definition) is 2. The lowest BCUT2D eigenvalue weighted by Crippen LogP contribution is -2.42. The highest BCUT2D eigenvalue weighted by Crippen LogP contribution is 2.49. The molecule has 0 unspecified atom stereocenters. The summed E-state index contributed by atoms with van der Waals surface area (Å²) in [6.07, 6.45) is 7.13.